The highest BCUT2D eigenvalue weighted by molar-refractivity contribution is 5.50. The number of ether oxygens (including phenoxy) is 1. The largest absolute Gasteiger partial charge is 0.494 e. The predicted molar refractivity (Wildman–Crippen MR) is 71.9 cm³/mol. The second-order valence-electron chi connectivity index (χ2n) is 4.59. The Kier molecular flexibility index (Phi) is 4.26. The van der Waals surface area contributed by atoms with Gasteiger partial charge in [-0.1, -0.05) is 6.92 Å². The lowest BCUT2D eigenvalue weighted by Gasteiger charge is -2.35. The average molecular weight is 234 g/mol. The number of benzene rings is 1. The summed E-state index contributed by atoms with van der Waals surface area (Å²) in [6, 6.07) is 9.02. The van der Waals surface area contributed by atoms with Crippen LogP contribution in [0.5, 0.6) is 5.75 Å². The Morgan fingerprint density at radius 2 is 2.12 bits per heavy atom. The molecule has 1 fully saturated rings. The maximum atomic E-state index is 5.59. The summed E-state index contributed by atoms with van der Waals surface area (Å²) in [4.78, 5) is 2.44. The molecular weight excluding hydrogens is 212 g/mol. The van der Waals surface area contributed by atoms with Crippen molar-refractivity contribution in [3.8, 4) is 5.75 Å². The highest BCUT2D eigenvalue weighted by atomic mass is 16.5. The minimum absolute atomic E-state index is 0.561. The van der Waals surface area contributed by atoms with E-state index in [2.05, 4.69) is 48.3 Å². The molecule has 3 heteroatoms. The molecule has 0 aliphatic carbocycles. The summed E-state index contributed by atoms with van der Waals surface area (Å²) < 4.78 is 5.59. The molecule has 0 unspecified atom stereocenters. The third-order valence-corrected chi connectivity index (χ3v) is 3.14. The van der Waals surface area contributed by atoms with Crippen molar-refractivity contribution in [1.82, 2.24) is 5.32 Å². The molecule has 1 atom stereocenters. The maximum Gasteiger partial charge on any atom is 0.119 e. The summed E-state index contributed by atoms with van der Waals surface area (Å²) in [6.45, 7) is 8.39. The van der Waals surface area contributed by atoms with Crippen LogP contribution in [0, 0.1) is 0 Å². The monoisotopic (exact) mass is 234 g/mol. The van der Waals surface area contributed by atoms with E-state index in [0.29, 0.717) is 6.04 Å². The normalized spacial score (nSPS) is 20.4. The fraction of sp³-hybridized carbons (Fsp3) is 0.571. The molecule has 0 saturated carbocycles. The summed E-state index contributed by atoms with van der Waals surface area (Å²) >= 11 is 0. The highest BCUT2D eigenvalue weighted by Crippen LogP contribution is 2.22. The lowest BCUT2D eigenvalue weighted by molar-refractivity contribution is 0.317. The number of hydrogen-bond acceptors (Lipinski definition) is 3. The molecule has 0 spiro atoms. The first-order valence-electron chi connectivity index (χ1n) is 6.51. The zero-order valence-electron chi connectivity index (χ0n) is 10.8. The van der Waals surface area contributed by atoms with Gasteiger partial charge in [-0.2, -0.15) is 0 Å². The molecule has 1 aromatic carbocycles. The first-order chi connectivity index (χ1) is 8.31. The van der Waals surface area contributed by atoms with Gasteiger partial charge in [-0.05, 0) is 37.6 Å². The highest BCUT2D eigenvalue weighted by Gasteiger charge is 2.17. The molecule has 1 aromatic rings. The molecule has 1 aliphatic heterocycles. The molecule has 3 nitrogen and oxygen atoms in total. The predicted octanol–water partition coefficient (Wildman–Crippen LogP) is 2.27. The quantitative estimate of drug-likeness (QED) is 0.865. The number of hydrogen-bond donors (Lipinski definition) is 1. The molecule has 0 amide bonds. The van der Waals surface area contributed by atoms with E-state index >= 15 is 0 Å². The van der Waals surface area contributed by atoms with E-state index in [1.54, 1.807) is 0 Å². The van der Waals surface area contributed by atoms with Crippen LogP contribution in [0.25, 0.3) is 0 Å². The molecule has 0 aromatic heterocycles. The summed E-state index contributed by atoms with van der Waals surface area (Å²) in [6.07, 6.45) is 1.05. The topological polar surface area (TPSA) is 24.5 Å². The maximum absolute atomic E-state index is 5.59. The Balaban J connectivity index is 2.01. The second kappa shape index (κ2) is 5.92. The van der Waals surface area contributed by atoms with Crippen LogP contribution in [-0.2, 0) is 0 Å². The van der Waals surface area contributed by atoms with Crippen LogP contribution in [0.2, 0.25) is 0 Å². The van der Waals surface area contributed by atoms with Gasteiger partial charge in [0.25, 0.3) is 0 Å². The van der Waals surface area contributed by atoms with Crippen LogP contribution in [0.15, 0.2) is 24.3 Å². The van der Waals surface area contributed by atoms with Crippen LogP contribution in [-0.4, -0.2) is 32.3 Å². The van der Waals surface area contributed by atoms with Crippen molar-refractivity contribution in [2.45, 2.75) is 26.3 Å². The van der Waals surface area contributed by atoms with Crippen LogP contribution >= 0.6 is 0 Å². The Morgan fingerprint density at radius 3 is 2.76 bits per heavy atom. The third-order valence-electron chi connectivity index (χ3n) is 3.14. The zero-order chi connectivity index (χ0) is 12.1. The minimum Gasteiger partial charge on any atom is -0.494 e. The summed E-state index contributed by atoms with van der Waals surface area (Å²) in [5, 5.41) is 3.41. The first-order valence-corrected chi connectivity index (χ1v) is 6.51. The van der Waals surface area contributed by atoms with Crippen molar-refractivity contribution in [2.75, 3.05) is 31.1 Å². The van der Waals surface area contributed by atoms with Gasteiger partial charge in [0.15, 0.2) is 0 Å². The van der Waals surface area contributed by atoms with Crippen molar-refractivity contribution in [3.63, 3.8) is 0 Å². The smallest absolute Gasteiger partial charge is 0.119 e. The van der Waals surface area contributed by atoms with Gasteiger partial charge in [0, 0.05) is 31.4 Å². The number of anilines is 1. The molecule has 0 radical (unpaired) electrons. The Hall–Kier alpha value is -1.22. The molecule has 17 heavy (non-hydrogen) atoms. The molecular formula is C14H22N2O. The van der Waals surface area contributed by atoms with Crippen molar-refractivity contribution >= 4 is 5.69 Å². The van der Waals surface area contributed by atoms with Gasteiger partial charge in [-0.15, -0.1) is 0 Å². The van der Waals surface area contributed by atoms with Gasteiger partial charge in [0.05, 0.1) is 6.61 Å². The fourth-order valence-electron chi connectivity index (χ4n) is 2.18. The first kappa shape index (κ1) is 12.2. The number of nitrogens with zero attached hydrogens (tertiary/aromatic N) is 1. The molecule has 1 N–H and O–H groups in total. The lowest BCUT2D eigenvalue weighted by Crippen LogP contribution is -2.49. The number of rotatable bonds is 4. The van der Waals surface area contributed by atoms with Crippen molar-refractivity contribution in [2.24, 2.45) is 0 Å². The SMILES string of the molecule is CCCOc1ccc(N2CCNC[C@H]2C)cc1. The molecule has 0 bridgehead atoms. The van der Waals surface area contributed by atoms with E-state index in [1.165, 1.54) is 5.69 Å². The fourth-order valence-corrected chi connectivity index (χ4v) is 2.18. The average Bonchev–Trinajstić information content (AvgIpc) is 2.38. The van der Waals surface area contributed by atoms with E-state index < -0.39 is 0 Å². The summed E-state index contributed by atoms with van der Waals surface area (Å²) in [5.41, 5.74) is 1.29. The minimum atomic E-state index is 0.561. The molecule has 1 saturated heterocycles. The van der Waals surface area contributed by atoms with E-state index in [4.69, 9.17) is 4.74 Å². The van der Waals surface area contributed by atoms with Gasteiger partial charge >= 0.3 is 0 Å². The van der Waals surface area contributed by atoms with E-state index in [1.807, 2.05) is 0 Å². The second-order valence-corrected chi connectivity index (χ2v) is 4.59. The van der Waals surface area contributed by atoms with Crippen molar-refractivity contribution in [3.05, 3.63) is 24.3 Å². The number of piperazine rings is 1. The van der Waals surface area contributed by atoms with Gasteiger partial charge in [0.2, 0.25) is 0 Å². The van der Waals surface area contributed by atoms with Gasteiger partial charge < -0.3 is 15.0 Å². The van der Waals surface area contributed by atoms with Crippen LogP contribution < -0.4 is 15.0 Å². The van der Waals surface area contributed by atoms with Crippen LogP contribution in [0.4, 0.5) is 5.69 Å². The summed E-state index contributed by atoms with van der Waals surface area (Å²) in [7, 11) is 0. The molecule has 1 heterocycles. The van der Waals surface area contributed by atoms with Crippen molar-refractivity contribution < 1.29 is 4.74 Å². The van der Waals surface area contributed by atoms with Crippen LogP contribution in [0.1, 0.15) is 20.3 Å². The van der Waals surface area contributed by atoms with Gasteiger partial charge in [-0.3, -0.25) is 0 Å². The van der Waals surface area contributed by atoms with E-state index in [0.717, 1.165) is 38.4 Å². The lowest BCUT2D eigenvalue weighted by atomic mass is 10.2. The van der Waals surface area contributed by atoms with Gasteiger partial charge in [-0.25, -0.2) is 0 Å². The van der Waals surface area contributed by atoms with Crippen LogP contribution in [0.3, 0.4) is 0 Å². The molecule has 1 aliphatic rings. The third kappa shape index (κ3) is 3.13. The Bertz CT molecular complexity index is 337. The molecule has 94 valence electrons. The molecule has 2 rings (SSSR count). The summed E-state index contributed by atoms with van der Waals surface area (Å²) in [5.74, 6) is 0.971. The standard InChI is InChI=1S/C14H22N2O/c1-3-10-17-14-6-4-13(5-7-14)16-9-8-15-11-12(16)2/h4-7,12,15H,3,8-11H2,1-2H3/t12-/m1/s1. The Labute approximate surface area is 104 Å². The Morgan fingerprint density at radius 1 is 1.35 bits per heavy atom. The number of nitrogens with one attached hydrogen (secondary N) is 1. The van der Waals surface area contributed by atoms with E-state index in [9.17, 15) is 0 Å². The zero-order valence-corrected chi connectivity index (χ0v) is 10.8. The van der Waals surface area contributed by atoms with Gasteiger partial charge in [0.1, 0.15) is 5.75 Å². The van der Waals surface area contributed by atoms with E-state index in [-0.39, 0.29) is 0 Å². The van der Waals surface area contributed by atoms with Crippen molar-refractivity contribution in [1.29, 1.82) is 0 Å².